The molecule has 0 atom stereocenters. The van der Waals surface area contributed by atoms with Crippen LogP contribution >= 0.6 is 11.6 Å². The molecule has 0 aromatic heterocycles. The lowest BCUT2D eigenvalue weighted by atomic mass is 10.1. The highest BCUT2D eigenvalue weighted by Crippen LogP contribution is 2.37. The average Bonchev–Trinajstić information content (AvgIpc) is 2.69. The van der Waals surface area contributed by atoms with E-state index in [0.29, 0.717) is 35.3 Å². The summed E-state index contributed by atoms with van der Waals surface area (Å²) in [5.74, 6) is 0.611. The van der Waals surface area contributed by atoms with Gasteiger partial charge in [-0.05, 0) is 49.2 Å². The Labute approximate surface area is 170 Å². The zero-order valence-corrected chi connectivity index (χ0v) is 16.6. The molecule has 0 fully saturated rings. The van der Waals surface area contributed by atoms with Crippen molar-refractivity contribution in [2.24, 2.45) is 0 Å². The molecule has 5 heteroatoms. The average molecular weight is 396 g/mol. The molecule has 0 bridgehead atoms. The molecule has 0 spiro atoms. The molecule has 0 aliphatic carbocycles. The van der Waals surface area contributed by atoms with Gasteiger partial charge in [-0.2, -0.15) is 0 Å². The molecule has 0 unspecified atom stereocenters. The van der Waals surface area contributed by atoms with E-state index in [4.69, 9.17) is 21.1 Å². The predicted molar refractivity (Wildman–Crippen MR) is 113 cm³/mol. The fourth-order valence-corrected chi connectivity index (χ4v) is 3.02. The highest BCUT2D eigenvalue weighted by molar-refractivity contribution is 6.32. The monoisotopic (exact) mass is 395 g/mol. The molecule has 0 saturated carbocycles. The van der Waals surface area contributed by atoms with Crippen LogP contribution in [0.25, 0.3) is 0 Å². The molecular formula is C23H22ClNO3. The second-order valence-corrected chi connectivity index (χ2v) is 6.72. The van der Waals surface area contributed by atoms with Crippen LogP contribution in [0, 0.1) is 6.92 Å². The topological polar surface area (TPSA) is 47.6 Å². The molecule has 3 rings (SSSR count). The van der Waals surface area contributed by atoms with Gasteiger partial charge in [0.05, 0.1) is 11.6 Å². The third-order valence-corrected chi connectivity index (χ3v) is 4.35. The van der Waals surface area contributed by atoms with Gasteiger partial charge in [0.2, 0.25) is 0 Å². The first kappa shape index (κ1) is 19.8. The van der Waals surface area contributed by atoms with Gasteiger partial charge in [-0.25, -0.2) is 0 Å². The number of benzene rings is 3. The Kier molecular flexibility index (Phi) is 6.56. The molecule has 144 valence electrons. The molecular weight excluding hydrogens is 374 g/mol. The smallest absolute Gasteiger partial charge is 0.255 e. The first-order valence-electron chi connectivity index (χ1n) is 9.08. The van der Waals surface area contributed by atoms with Crippen LogP contribution in [0.4, 0.5) is 5.69 Å². The van der Waals surface area contributed by atoms with Gasteiger partial charge in [-0.15, -0.1) is 0 Å². The van der Waals surface area contributed by atoms with Crippen LogP contribution in [0.3, 0.4) is 0 Å². The van der Waals surface area contributed by atoms with Gasteiger partial charge in [-0.1, -0.05) is 54.1 Å². The lowest BCUT2D eigenvalue weighted by Gasteiger charge is -2.15. The summed E-state index contributed by atoms with van der Waals surface area (Å²) in [4.78, 5) is 12.7. The van der Waals surface area contributed by atoms with E-state index in [1.54, 1.807) is 12.1 Å². The Hall–Kier alpha value is -2.98. The van der Waals surface area contributed by atoms with Crippen LogP contribution < -0.4 is 14.8 Å². The number of ether oxygens (including phenoxy) is 2. The highest BCUT2D eigenvalue weighted by Gasteiger charge is 2.17. The molecule has 0 aliphatic heterocycles. The molecule has 0 saturated heterocycles. The predicted octanol–water partition coefficient (Wildman–Crippen LogP) is 5.88. The third kappa shape index (κ3) is 5.05. The van der Waals surface area contributed by atoms with Gasteiger partial charge in [0, 0.05) is 11.3 Å². The first-order valence-corrected chi connectivity index (χ1v) is 9.45. The van der Waals surface area contributed by atoms with Crippen molar-refractivity contribution >= 4 is 23.2 Å². The van der Waals surface area contributed by atoms with Crippen molar-refractivity contribution in [3.05, 3.63) is 88.4 Å². The van der Waals surface area contributed by atoms with Crippen molar-refractivity contribution in [3.63, 3.8) is 0 Å². The lowest BCUT2D eigenvalue weighted by molar-refractivity contribution is 0.102. The fourth-order valence-electron chi connectivity index (χ4n) is 2.75. The van der Waals surface area contributed by atoms with E-state index in [1.807, 2.05) is 68.4 Å². The largest absolute Gasteiger partial charge is 0.488 e. The molecule has 3 aromatic rings. The van der Waals surface area contributed by atoms with Gasteiger partial charge < -0.3 is 14.8 Å². The SMILES string of the molecule is CCOc1c(Cl)cc(C(=O)Nc2cccc(C)c2)cc1OCc1ccccc1. The summed E-state index contributed by atoms with van der Waals surface area (Å²) in [6.45, 7) is 4.63. The van der Waals surface area contributed by atoms with Crippen molar-refractivity contribution < 1.29 is 14.3 Å². The molecule has 0 aliphatic rings. The Bertz CT molecular complexity index is 957. The Morgan fingerprint density at radius 3 is 2.50 bits per heavy atom. The normalized spacial score (nSPS) is 10.4. The summed E-state index contributed by atoms with van der Waals surface area (Å²) < 4.78 is 11.6. The van der Waals surface area contributed by atoms with E-state index in [1.165, 1.54) is 0 Å². The van der Waals surface area contributed by atoms with E-state index in [9.17, 15) is 4.79 Å². The van der Waals surface area contributed by atoms with Crippen molar-refractivity contribution in [3.8, 4) is 11.5 Å². The summed E-state index contributed by atoms with van der Waals surface area (Å²) >= 11 is 6.38. The van der Waals surface area contributed by atoms with Gasteiger partial charge in [0.25, 0.3) is 5.91 Å². The molecule has 3 aromatic carbocycles. The maximum atomic E-state index is 12.7. The number of carbonyl (C=O) groups is 1. The van der Waals surface area contributed by atoms with Gasteiger partial charge in [0.15, 0.2) is 11.5 Å². The third-order valence-electron chi connectivity index (χ3n) is 4.07. The summed E-state index contributed by atoms with van der Waals surface area (Å²) in [7, 11) is 0. The Morgan fingerprint density at radius 2 is 1.79 bits per heavy atom. The van der Waals surface area contributed by atoms with E-state index in [0.717, 1.165) is 16.8 Å². The second-order valence-electron chi connectivity index (χ2n) is 6.32. The molecule has 28 heavy (non-hydrogen) atoms. The maximum Gasteiger partial charge on any atom is 0.255 e. The van der Waals surface area contributed by atoms with Crippen LogP contribution in [0.2, 0.25) is 5.02 Å². The van der Waals surface area contributed by atoms with Gasteiger partial charge in [0.1, 0.15) is 6.61 Å². The summed E-state index contributed by atoms with van der Waals surface area (Å²) in [5.41, 5.74) is 3.20. The maximum absolute atomic E-state index is 12.7. The molecule has 0 radical (unpaired) electrons. The minimum atomic E-state index is -0.264. The quantitative estimate of drug-likeness (QED) is 0.543. The van der Waals surface area contributed by atoms with Crippen LogP contribution in [0.1, 0.15) is 28.4 Å². The van der Waals surface area contributed by atoms with E-state index in [2.05, 4.69) is 5.32 Å². The van der Waals surface area contributed by atoms with Crippen LogP contribution in [-0.2, 0) is 6.61 Å². The van der Waals surface area contributed by atoms with Crippen LogP contribution in [-0.4, -0.2) is 12.5 Å². The lowest BCUT2D eigenvalue weighted by Crippen LogP contribution is -2.13. The van der Waals surface area contributed by atoms with Crippen LogP contribution in [0.5, 0.6) is 11.5 Å². The minimum absolute atomic E-state index is 0.264. The molecule has 0 heterocycles. The van der Waals surface area contributed by atoms with Crippen molar-refractivity contribution in [1.29, 1.82) is 0 Å². The number of rotatable bonds is 7. The van der Waals surface area contributed by atoms with E-state index < -0.39 is 0 Å². The van der Waals surface area contributed by atoms with E-state index in [-0.39, 0.29) is 5.91 Å². The Morgan fingerprint density at radius 1 is 1.00 bits per heavy atom. The number of amides is 1. The molecule has 1 N–H and O–H groups in total. The number of nitrogens with one attached hydrogen (secondary N) is 1. The zero-order valence-electron chi connectivity index (χ0n) is 15.9. The summed E-state index contributed by atoms with van der Waals surface area (Å²) in [6.07, 6.45) is 0. The number of hydrogen-bond donors (Lipinski definition) is 1. The molecule has 4 nitrogen and oxygen atoms in total. The number of hydrogen-bond acceptors (Lipinski definition) is 3. The Balaban J connectivity index is 1.85. The number of halogens is 1. The fraction of sp³-hybridized carbons (Fsp3) is 0.174. The van der Waals surface area contributed by atoms with Gasteiger partial charge in [-0.3, -0.25) is 4.79 Å². The summed E-state index contributed by atoms with van der Waals surface area (Å²) in [6, 6.07) is 20.6. The van der Waals surface area contributed by atoms with Crippen molar-refractivity contribution in [2.75, 3.05) is 11.9 Å². The minimum Gasteiger partial charge on any atom is -0.488 e. The standard InChI is InChI=1S/C23H22ClNO3/c1-3-27-22-20(24)13-18(23(26)25-19-11-7-8-16(2)12-19)14-21(22)28-15-17-9-5-4-6-10-17/h4-14H,3,15H2,1-2H3,(H,25,26). The first-order chi connectivity index (χ1) is 13.6. The van der Waals surface area contributed by atoms with E-state index >= 15 is 0 Å². The second kappa shape index (κ2) is 9.29. The number of aryl methyl sites for hydroxylation is 1. The van der Waals surface area contributed by atoms with Crippen molar-refractivity contribution in [2.45, 2.75) is 20.5 Å². The van der Waals surface area contributed by atoms with Crippen molar-refractivity contribution in [1.82, 2.24) is 0 Å². The van der Waals surface area contributed by atoms with Gasteiger partial charge >= 0.3 is 0 Å². The number of anilines is 1. The zero-order chi connectivity index (χ0) is 19.9. The highest BCUT2D eigenvalue weighted by atomic mass is 35.5. The summed E-state index contributed by atoms with van der Waals surface area (Å²) in [5, 5.41) is 3.22. The number of carbonyl (C=O) groups excluding carboxylic acids is 1. The molecule has 1 amide bonds. The van der Waals surface area contributed by atoms with Crippen LogP contribution in [0.15, 0.2) is 66.7 Å².